The SMILES string of the molecule is CCCCCCCCCCCCC(=O)O[C@@H](CNCCCCCCCCCOC=O)COP(=O)([O-])[O-].[Na+].[Na+]. The number of hydrogen-bond donors (Lipinski definition) is 1. The van der Waals surface area contributed by atoms with Crippen LogP contribution in [0.5, 0.6) is 0 Å². The van der Waals surface area contributed by atoms with E-state index >= 15 is 0 Å². The van der Waals surface area contributed by atoms with Gasteiger partial charge in [0.05, 0.1) is 21.0 Å². The average Bonchev–Trinajstić information content (AvgIpc) is 2.83. The molecule has 0 aliphatic rings. The number of phosphoric acid groups is 1. The second-order valence-electron chi connectivity index (χ2n) is 9.43. The molecule has 0 unspecified atom stereocenters. The van der Waals surface area contributed by atoms with Crippen molar-refractivity contribution in [3.8, 4) is 0 Å². The fraction of sp³-hybridized carbons (Fsp3) is 0.923. The first-order valence-corrected chi connectivity index (χ1v) is 15.5. The number of carbonyl (C=O) groups is 2. The van der Waals surface area contributed by atoms with Crippen LogP contribution in [0.3, 0.4) is 0 Å². The summed E-state index contributed by atoms with van der Waals surface area (Å²) in [4.78, 5) is 43.9. The predicted molar refractivity (Wildman–Crippen MR) is 137 cm³/mol. The molecule has 214 valence electrons. The van der Waals surface area contributed by atoms with Crippen molar-refractivity contribution in [3.63, 3.8) is 0 Å². The van der Waals surface area contributed by atoms with Crippen LogP contribution in [0, 0.1) is 0 Å². The zero-order valence-electron chi connectivity index (χ0n) is 24.4. The van der Waals surface area contributed by atoms with Gasteiger partial charge in [0.15, 0.2) is 0 Å². The van der Waals surface area contributed by atoms with Crippen molar-refractivity contribution in [2.24, 2.45) is 0 Å². The van der Waals surface area contributed by atoms with Crippen LogP contribution in [-0.2, 0) is 28.2 Å². The van der Waals surface area contributed by atoms with Crippen molar-refractivity contribution in [1.29, 1.82) is 0 Å². The van der Waals surface area contributed by atoms with E-state index in [1.807, 2.05) is 0 Å². The summed E-state index contributed by atoms with van der Waals surface area (Å²) < 4.78 is 25.2. The van der Waals surface area contributed by atoms with E-state index in [0.29, 0.717) is 19.6 Å². The van der Waals surface area contributed by atoms with Crippen molar-refractivity contribution in [1.82, 2.24) is 5.32 Å². The smallest absolute Gasteiger partial charge is 0.790 e. The molecule has 0 aliphatic carbocycles. The molecule has 0 aromatic heterocycles. The number of phosphoric ester groups is 1. The zero-order chi connectivity index (χ0) is 26.7. The summed E-state index contributed by atoms with van der Waals surface area (Å²) in [6.07, 6.45) is 18.4. The Kier molecular flexibility index (Phi) is 37.2. The molecule has 0 fully saturated rings. The summed E-state index contributed by atoms with van der Waals surface area (Å²) in [5, 5.41) is 3.16. The summed E-state index contributed by atoms with van der Waals surface area (Å²) in [6, 6.07) is 0. The number of nitrogens with one attached hydrogen (secondary N) is 1. The molecule has 0 heterocycles. The van der Waals surface area contributed by atoms with Crippen LogP contribution in [0.1, 0.15) is 122 Å². The summed E-state index contributed by atoms with van der Waals surface area (Å²) >= 11 is 0. The standard InChI is InChI=1S/C26H52NO8P.2Na/c1-2-3-4-5-6-7-8-10-13-16-19-26(29)35-25(23-34-36(30,31)32)22-27-20-17-14-11-9-12-15-18-21-33-24-28;;/h24-25,27H,2-23H2,1H3,(H2,30,31,32);;/q;2*+1/p-2/t25-;;/m0../s1. The molecule has 0 saturated heterocycles. The van der Waals surface area contributed by atoms with Gasteiger partial charge in [-0.05, 0) is 25.8 Å². The number of rotatable bonds is 28. The molecule has 0 aliphatic heterocycles. The topological polar surface area (TPSA) is 137 Å². The van der Waals surface area contributed by atoms with Crippen LogP contribution in [0.4, 0.5) is 0 Å². The molecular weight excluding hydrogens is 531 g/mol. The Morgan fingerprint density at radius 2 is 1.32 bits per heavy atom. The third-order valence-corrected chi connectivity index (χ3v) is 6.47. The summed E-state index contributed by atoms with van der Waals surface area (Å²) in [5.41, 5.74) is 0. The van der Waals surface area contributed by atoms with E-state index in [-0.39, 0.29) is 72.1 Å². The van der Waals surface area contributed by atoms with Gasteiger partial charge in [0.25, 0.3) is 6.47 Å². The second kappa shape index (κ2) is 32.5. The van der Waals surface area contributed by atoms with Crippen LogP contribution in [-0.4, -0.2) is 44.8 Å². The van der Waals surface area contributed by atoms with E-state index in [2.05, 4.69) is 21.5 Å². The van der Waals surface area contributed by atoms with Crippen molar-refractivity contribution < 1.29 is 97.1 Å². The first-order chi connectivity index (χ1) is 17.4. The van der Waals surface area contributed by atoms with Crippen molar-refractivity contribution in [2.45, 2.75) is 129 Å². The molecule has 38 heavy (non-hydrogen) atoms. The third kappa shape index (κ3) is 35.0. The molecule has 1 N–H and O–H groups in total. The van der Waals surface area contributed by atoms with Crippen LogP contribution in [0.2, 0.25) is 0 Å². The Hall–Kier alpha value is 1.01. The summed E-state index contributed by atoms with van der Waals surface area (Å²) in [5.74, 6) is -0.393. The molecule has 12 heteroatoms. The van der Waals surface area contributed by atoms with E-state index in [0.717, 1.165) is 64.2 Å². The van der Waals surface area contributed by atoms with Crippen molar-refractivity contribution in [3.05, 3.63) is 0 Å². The van der Waals surface area contributed by atoms with Crippen LogP contribution in [0.15, 0.2) is 0 Å². The molecule has 0 amide bonds. The molecule has 0 spiro atoms. The monoisotopic (exact) mass is 581 g/mol. The van der Waals surface area contributed by atoms with Gasteiger partial charge in [0, 0.05) is 13.0 Å². The van der Waals surface area contributed by atoms with Gasteiger partial charge < -0.3 is 33.7 Å². The minimum atomic E-state index is -5.12. The normalized spacial score (nSPS) is 11.8. The minimum absolute atomic E-state index is 0. The Labute approximate surface area is 275 Å². The molecule has 0 radical (unpaired) electrons. The zero-order valence-corrected chi connectivity index (χ0v) is 29.3. The van der Waals surface area contributed by atoms with Gasteiger partial charge in [-0.1, -0.05) is 96.8 Å². The van der Waals surface area contributed by atoms with Crippen LogP contribution in [0.25, 0.3) is 0 Å². The first kappa shape index (κ1) is 43.5. The molecule has 0 aromatic carbocycles. The maximum absolute atomic E-state index is 12.2. The number of esters is 1. The van der Waals surface area contributed by atoms with E-state index < -0.39 is 26.5 Å². The first-order valence-electron chi connectivity index (χ1n) is 14.0. The number of hydrogen-bond acceptors (Lipinski definition) is 9. The van der Waals surface area contributed by atoms with E-state index in [9.17, 15) is 23.9 Å². The minimum Gasteiger partial charge on any atom is -0.790 e. The molecule has 0 aromatic rings. The van der Waals surface area contributed by atoms with Gasteiger partial charge in [0.1, 0.15) is 6.10 Å². The molecule has 0 rings (SSSR count). The average molecular weight is 582 g/mol. The van der Waals surface area contributed by atoms with Crippen LogP contribution < -0.4 is 74.2 Å². The fourth-order valence-electron chi connectivity index (χ4n) is 3.94. The maximum atomic E-state index is 12.2. The van der Waals surface area contributed by atoms with Gasteiger partial charge in [0.2, 0.25) is 0 Å². The number of ether oxygens (including phenoxy) is 2. The molecule has 0 bridgehead atoms. The van der Waals surface area contributed by atoms with Gasteiger partial charge in [-0.15, -0.1) is 0 Å². The van der Waals surface area contributed by atoms with Crippen molar-refractivity contribution in [2.75, 3.05) is 26.3 Å². The molecule has 0 saturated carbocycles. The van der Waals surface area contributed by atoms with Gasteiger partial charge in [-0.2, -0.15) is 0 Å². The summed E-state index contributed by atoms with van der Waals surface area (Å²) in [7, 11) is -5.12. The van der Waals surface area contributed by atoms with Crippen LogP contribution >= 0.6 is 7.82 Å². The molecule has 9 nitrogen and oxygen atoms in total. The number of carbonyl (C=O) groups excluding carboxylic acids is 2. The third-order valence-electron chi connectivity index (χ3n) is 6.01. The second-order valence-corrected chi connectivity index (χ2v) is 10.6. The molecular formula is C26H50NNa2O8P. The largest absolute Gasteiger partial charge is 1.00 e. The van der Waals surface area contributed by atoms with E-state index in [1.54, 1.807) is 0 Å². The Balaban J connectivity index is -0.00000612. The van der Waals surface area contributed by atoms with E-state index in [4.69, 9.17) is 4.74 Å². The number of unbranched alkanes of at least 4 members (excludes halogenated alkanes) is 15. The van der Waals surface area contributed by atoms with Gasteiger partial charge >= 0.3 is 65.1 Å². The Morgan fingerprint density at radius 3 is 1.84 bits per heavy atom. The Morgan fingerprint density at radius 1 is 0.816 bits per heavy atom. The van der Waals surface area contributed by atoms with Crippen molar-refractivity contribution >= 4 is 20.3 Å². The fourth-order valence-corrected chi connectivity index (χ4v) is 4.29. The summed E-state index contributed by atoms with van der Waals surface area (Å²) in [6.45, 7) is 3.65. The maximum Gasteiger partial charge on any atom is 1.00 e. The quantitative estimate of drug-likeness (QED) is 0.0387. The van der Waals surface area contributed by atoms with Gasteiger partial charge in [-0.3, -0.25) is 9.59 Å². The van der Waals surface area contributed by atoms with Gasteiger partial charge in [-0.25, -0.2) is 0 Å². The van der Waals surface area contributed by atoms with E-state index in [1.165, 1.54) is 44.9 Å². The molecule has 1 atom stereocenters. The predicted octanol–water partition coefficient (Wildman–Crippen LogP) is -1.44. The Bertz CT molecular complexity index is 569.